The van der Waals surface area contributed by atoms with Crippen LogP contribution in [0, 0.1) is 3.57 Å². The van der Waals surface area contributed by atoms with E-state index in [9.17, 15) is 8.42 Å². The Balaban J connectivity index is 2.45. The first kappa shape index (κ1) is 16.9. The molecule has 2 aromatic rings. The first-order chi connectivity index (χ1) is 9.83. The molecule has 0 aliphatic carbocycles. The molecule has 2 aromatic carbocycles. The Hall–Kier alpha value is -0.510. The molecule has 0 spiro atoms. The number of hydrogen-bond acceptors (Lipinski definition) is 3. The molecule has 1 N–H and O–H groups in total. The highest BCUT2D eigenvalue weighted by molar-refractivity contribution is 14.1. The molecule has 8 heteroatoms. The van der Waals surface area contributed by atoms with Gasteiger partial charge in [-0.3, -0.25) is 4.72 Å². The Labute approximate surface area is 150 Å². The Morgan fingerprint density at radius 2 is 1.95 bits per heavy atom. The van der Waals surface area contributed by atoms with E-state index in [1.54, 1.807) is 30.3 Å². The number of anilines is 1. The van der Waals surface area contributed by atoms with E-state index in [1.807, 2.05) is 22.6 Å². The number of rotatable bonds is 4. The van der Waals surface area contributed by atoms with E-state index in [4.69, 9.17) is 16.3 Å². The van der Waals surface area contributed by atoms with Crippen molar-refractivity contribution in [2.24, 2.45) is 0 Å². The topological polar surface area (TPSA) is 55.4 Å². The molecule has 0 saturated heterocycles. The zero-order valence-electron chi connectivity index (χ0n) is 10.7. The standard InChI is InChI=1S/C13H10BrClINO3S/c1-20-12-5-2-8(14)6-13(12)21(18,19)17-11-4-3-9(15)7-10(11)16/h2-7,17H,1H3. The summed E-state index contributed by atoms with van der Waals surface area (Å²) in [6.45, 7) is 0. The first-order valence-corrected chi connectivity index (χ1v) is 9.38. The van der Waals surface area contributed by atoms with E-state index in [2.05, 4.69) is 20.7 Å². The molecule has 0 aromatic heterocycles. The van der Waals surface area contributed by atoms with Crippen molar-refractivity contribution in [2.75, 3.05) is 11.8 Å². The van der Waals surface area contributed by atoms with Crippen molar-refractivity contribution in [1.82, 2.24) is 0 Å². The van der Waals surface area contributed by atoms with Crippen LogP contribution in [-0.4, -0.2) is 15.5 Å². The zero-order valence-corrected chi connectivity index (χ0v) is 16.0. The van der Waals surface area contributed by atoms with Crippen molar-refractivity contribution in [3.8, 4) is 5.75 Å². The Kier molecular flexibility index (Phi) is 5.39. The van der Waals surface area contributed by atoms with Crippen molar-refractivity contribution >= 4 is 65.8 Å². The summed E-state index contributed by atoms with van der Waals surface area (Å²) in [5, 5.41) is 0.544. The number of benzene rings is 2. The van der Waals surface area contributed by atoms with Gasteiger partial charge < -0.3 is 4.74 Å². The van der Waals surface area contributed by atoms with E-state index in [0.717, 1.165) is 0 Å². The predicted molar refractivity (Wildman–Crippen MR) is 95.7 cm³/mol. The number of sulfonamides is 1. The average molecular weight is 503 g/mol. The van der Waals surface area contributed by atoms with Crippen LogP contribution in [0.5, 0.6) is 5.75 Å². The van der Waals surface area contributed by atoms with Gasteiger partial charge in [-0.05, 0) is 59.0 Å². The highest BCUT2D eigenvalue weighted by Gasteiger charge is 2.21. The molecule has 21 heavy (non-hydrogen) atoms. The molecule has 0 fully saturated rings. The maximum Gasteiger partial charge on any atom is 0.265 e. The maximum atomic E-state index is 12.5. The van der Waals surface area contributed by atoms with Crippen LogP contribution in [0.15, 0.2) is 45.8 Å². The van der Waals surface area contributed by atoms with Crippen molar-refractivity contribution in [3.05, 3.63) is 49.5 Å². The first-order valence-electron chi connectivity index (χ1n) is 5.65. The predicted octanol–water partition coefficient (Wildman–Crippen LogP) is 4.52. The Morgan fingerprint density at radius 3 is 2.57 bits per heavy atom. The molecule has 0 bridgehead atoms. The highest BCUT2D eigenvalue weighted by atomic mass is 127. The third-order valence-electron chi connectivity index (χ3n) is 2.59. The summed E-state index contributed by atoms with van der Waals surface area (Å²) in [4.78, 5) is 0.0603. The number of nitrogens with one attached hydrogen (secondary N) is 1. The molecule has 112 valence electrons. The molecule has 0 saturated carbocycles. The van der Waals surface area contributed by atoms with Gasteiger partial charge in [0.1, 0.15) is 10.6 Å². The highest BCUT2D eigenvalue weighted by Crippen LogP contribution is 2.30. The fourth-order valence-corrected chi connectivity index (χ4v) is 4.61. The second-order valence-electron chi connectivity index (χ2n) is 4.02. The summed E-state index contributed by atoms with van der Waals surface area (Å²) in [7, 11) is -2.34. The molecule has 0 unspecified atom stereocenters. The average Bonchev–Trinajstić information content (AvgIpc) is 2.42. The lowest BCUT2D eigenvalue weighted by atomic mass is 10.3. The normalized spacial score (nSPS) is 11.2. The van der Waals surface area contributed by atoms with E-state index in [-0.39, 0.29) is 10.6 Å². The summed E-state index contributed by atoms with van der Waals surface area (Å²) in [6, 6.07) is 9.71. The van der Waals surface area contributed by atoms with E-state index < -0.39 is 10.0 Å². The van der Waals surface area contributed by atoms with Gasteiger partial charge in [-0.1, -0.05) is 27.5 Å². The molecular formula is C13H10BrClINO3S. The Morgan fingerprint density at radius 1 is 1.24 bits per heavy atom. The fraction of sp³-hybridized carbons (Fsp3) is 0.0769. The lowest BCUT2D eigenvalue weighted by molar-refractivity contribution is 0.403. The van der Waals surface area contributed by atoms with Crippen LogP contribution >= 0.6 is 50.1 Å². The lowest BCUT2D eigenvalue weighted by Gasteiger charge is -2.13. The van der Waals surface area contributed by atoms with Gasteiger partial charge in [-0.15, -0.1) is 0 Å². The second-order valence-corrected chi connectivity index (χ2v) is 8.19. The molecule has 2 rings (SSSR count). The molecular weight excluding hydrogens is 492 g/mol. The van der Waals surface area contributed by atoms with Crippen LogP contribution in [-0.2, 0) is 10.0 Å². The molecule has 0 amide bonds. The minimum atomic E-state index is -3.77. The van der Waals surface area contributed by atoms with Crippen LogP contribution in [0.1, 0.15) is 0 Å². The van der Waals surface area contributed by atoms with Gasteiger partial charge >= 0.3 is 0 Å². The minimum absolute atomic E-state index is 0.0603. The Bertz CT molecular complexity index is 783. The summed E-state index contributed by atoms with van der Waals surface area (Å²) < 4.78 is 34.0. The largest absolute Gasteiger partial charge is 0.495 e. The van der Waals surface area contributed by atoms with Crippen LogP contribution in [0.2, 0.25) is 5.02 Å². The van der Waals surface area contributed by atoms with Gasteiger partial charge in [0.05, 0.1) is 12.8 Å². The van der Waals surface area contributed by atoms with Crippen molar-refractivity contribution < 1.29 is 13.2 Å². The van der Waals surface area contributed by atoms with Gasteiger partial charge in [0.15, 0.2) is 0 Å². The SMILES string of the molecule is COc1ccc(Br)cc1S(=O)(=O)Nc1ccc(Cl)cc1I. The van der Waals surface area contributed by atoms with Gasteiger partial charge in [0, 0.05) is 13.1 Å². The van der Waals surface area contributed by atoms with Gasteiger partial charge in [0.2, 0.25) is 0 Å². The molecule has 0 atom stereocenters. The van der Waals surface area contributed by atoms with Crippen molar-refractivity contribution in [3.63, 3.8) is 0 Å². The van der Waals surface area contributed by atoms with Crippen LogP contribution in [0.3, 0.4) is 0 Å². The number of methoxy groups -OCH3 is 1. The van der Waals surface area contributed by atoms with E-state index in [1.165, 1.54) is 13.2 Å². The minimum Gasteiger partial charge on any atom is -0.495 e. The van der Waals surface area contributed by atoms with Crippen LogP contribution in [0.4, 0.5) is 5.69 Å². The number of halogens is 3. The third kappa shape index (κ3) is 4.02. The zero-order chi connectivity index (χ0) is 15.6. The molecule has 0 aliphatic heterocycles. The molecule has 4 nitrogen and oxygen atoms in total. The lowest BCUT2D eigenvalue weighted by Crippen LogP contribution is -2.15. The monoisotopic (exact) mass is 501 g/mol. The van der Waals surface area contributed by atoms with Crippen LogP contribution < -0.4 is 9.46 Å². The summed E-state index contributed by atoms with van der Waals surface area (Å²) in [5.41, 5.74) is 0.460. The maximum absolute atomic E-state index is 12.5. The molecule has 0 aliphatic rings. The summed E-state index contributed by atoms with van der Waals surface area (Å²) >= 11 is 11.1. The molecule has 0 heterocycles. The quantitative estimate of drug-likeness (QED) is 0.626. The van der Waals surface area contributed by atoms with E-state index >= 15 is 0 Å². The van der Waals surface area contributed by atoms with Gasteiger partial charge in [0.25, 0.3) is 10.0 Å². The number of ether oxygens (including phenoxy) is 1. The summed E-state index contributed by atoms with van der Waals surface area (Å²) in [5.74, 6) is 0.273. The van der Waals surface area contributed by atoms with Crippen molar-refractivity contribution in [2.45, 2.75) is 4.90 Å². The fourth-order valence-electron chi connectivity index (χ4n) is 1.63. The van der Waals surface area contributed by atoms with Gasteiger partial charge in [-0.25, -0.2) is 8.42 Å². The van der Waals surface area contributed by atoms with Crippen LogP contribution in [0.25, 0.3) is 0 Å². The smallest absolute Gasteiger partial charge is 0.265 e. The van der Waals surface area contributed by atoms with E-state index in [0.29, 0.717) is 18.8 Å². The third-order valence-corrected chi connectivity index (χ3v) is 5.60. The second kappa shape index (κ2) is 6.72. The number of hydrogen-bond donors (Lipinski definition) is 1. The van der Waals surface area contributed by atoms with Gasteiger partial charge in [-0.2, -0.15) is 0 Å². The summed E-state index contributed by atoms with van der Waals surface area (Å²) in [6.07, 6.45) is 0. The van der Waals surface area contributed by atoms with Crippen molar-refractivity contribution in [1.29, 1.82) is 0 Å². The molecule has 0 radical (unpaired) electrons.